The van der Waals surface area contributed by atoms with E-state index >= 15 is 0 Å². The van der Waals surface area contributed by atoms with E-state index in [4.69, 9.17) is 9.16 Å². The van der Waals surface area contributed by atoms with Crippen molar-refractivity contribution in [2.45, 2.75) is 50.8 Å². The van der Waals surface area contributed by atoms with Crippen molar-refractivity contribution in [3.8, 4) is 0 Å². The highest BCUT2D eigenvalue weighted by molar-refractivity contribution is 6.74. The van der Waals surface area contributed by atoms with Gasteiger partial charge in [0.15, 0.2) is 13.8 Å². The maximum absolute atomic E-state index is 9.43. The molecule has 1 aliphatic heterocycles. The SMILES string of the molecule is CC(C)(C)[Si](C)(C)OCC1(B(O)O)CC=CO1. The van der Waals surface area contributed by atoms with Crippen LogP contribution in [0.2, 0.25) is 18.1 Å². The van der Waals surface area contributed by atoms with E-state index < -0.39 is 20.9 Å². The van der Waals surface area contributed by atoms with Gasteiger partial charge < -0.3 is 19.2 Å². The molecular formula is C11H23BO4Si. The third-order valence-corrected chi connectivity index (χ3v) is 8.29. The average molecular weight is 258 g/mol. The quantitative estimate of drug-likeness (QED) is 0.753. The van der Waals surface area contributed by atoms with Gasteiger partial charge in [0.1, 0.15) is 0 Å². The molecule has 1 aliphatic rings. The molecule has 98 valence electrons. The van der Waals surface area contributed by atoms with Crippen LogP contribution in [-0.4, -0.2) is 37.6 Å². The molecule has 0 aromatic rings. The first-order valence-corrected chi connectivity index (χ1v) is 8.84. The number of rotatable bonds is 4. The van der Waals surface area contributed by atoms with Gasteiger partial charge in [-0.15, -0.1) is 0 Å². The van der Waals surface area contributed by atoms with Crippen LogP contribution >= 0.6 is 0 Å². The fourth-order valence-corrected chi connectivity index (χ4v) is 2.37. The molecule has 1 unspecified atom stereocenters. The topological polar surface area (TPSA) is 58.9 Å². The van der Waals surface area contributed by atoms with E-state index in [-0.39, 0.29) is 11.6 Å². The molecule has 0 aromatic carbocycles. The normalized spacial score (nSPS) is 24.9. The van der Waals surface area contributed by atoms with Gasteiger partial charge in [0.05, 0.1) is 12.9 Å². The maximum atomic E-state index is 9.43. The van der Waals surface area contributed by atoms with Crippen LogP contribution < -0.4 is 0 Å². The Morgan fingerprint density at radius 1 is 1.41 bits per heavy atom. The standard InChI is InChI=1S/C11H23BO4Si/c1-10(2,3)17(4,5)16-9-11(12(13)14)7-6-8-15-11/h6,8,13-14H,7,9H2,1-5H3. The molecule has 0 radical (unpaired) electrons. The Labute approximate surface area is 105 Å². The minimum atomic E-state index is -1.90. The van der Waals surface area contributed by atoms with Gasteiger partial charge in [-0.2, -0.15) is 0 Å². The lowest BCUT2D eigenvalue weighted by atomic mass is 9.67. The molecule has 17 heavy (non-hydrogen) atoms. The van der Waals surface area contributed by atoms with Crippen molar-refractivity contribution in [2.75, 3.05) is 6.61 Å². The molecule has 1 rings (SSSR count). The third-order valence-electron chi connectivity index (χ3n) is 3.82. The summed E-state index contributed by atoms with van der Waals surface area (Å²) in [6.07, 6.45) is 3.77. The van der Waals surface area contributed by atoms with Crippen molar-refractivity contribution >= 4 is 15.4 Å². The highest BCUT2D eigenvalue weighted by Gasteiger charge is 2.48. The molecule has 6 heteroatoms. The van der Waals surface area contributed by atoms with Gasteiger partial charge in [-0.05, 0) is 24.2 Å². The van der Waals surface area contributed by atoms with E-state index in [1.807, 2.05) is 0 Å². The Morgan fingerprint density at radius 3 is 2.35 bits per heavy atom. The van der Waals surface area contributed by atoms with Crippen LogP contribution in [0, 0.1) is 0 Å². The van der Waals surface area contributed by atoms with Gasteiger partial charge in [0, 0.05) is 6.42 Å². The number of ether oxygens (including phenoxy) is 1. The van der Waals surface area contributed by atoms with Crippen LogP contribution in [0.25, 0.3) is 0 Å². The zero-order chi connectivity index (χ0) is 13.3. The summed E-state index contributed by atoms with van der Waals surface area (Å²) in [7, 11) is -3.42. The van der Waals surface area contributed by atoms with Crippen molar-refractivity contribution in [3.05, 3.63) is 12.3 Å². The molecule has 0 saturated heterocycles. The van der Waals surface area contributed by atoms with Gasteiger partial charge in [-0.25, -0.2) is 0 Å². The Bertz CT molecular complexity index is 288. The zero-order valence-electron chi connectivity index (χ0n) is 11.4. The van der Waals surface area contributed by atoms with Crippen LogP contribution in [0.5, 0.6) is 0 Å². The highest BCUT2D eigenvalue weighted by atomic mass is 28.4. The van der Waals surface area contributed by atoms with E-state index in [1.165, 1.54) is 6.26 Å². The smallest absolute Gasteiger partial charge is 0.495 e. The van der Waals surface area contributed by atoms with E-state index in [9.17, 15) is 10.0 Å². The van der Waals surface area contributed by atoms with Crippen molar-refractivity contribution in [1.29, 1.82) is 0 Å². The van der Waals surface area contributed by atoms with Crippen LogP contribution in [0.4, 0.5) is 0 Å². The number of hydrogen-bond donors (Lipinski definition) is 2. The van der Waals surface area contributed by atoms with Crippen LogP contribution in [-0.2, 0) is 9.16 Å². The van der Waals surface area contributed by atoms with Gasteiger partial charge in [-0.3, -0.25) is 0 Å². The number of hydrogen-bond acceptors (Lipinski definition) is 4. The van der Waals surface area contributed by atoms with E-state index in [0.717, 1.165) is 0 Å². The predicted octanol–water partition coefficient (Wildman–Crippen LogP) is 1.69. The second-order valence-electron chi connectivity index (χ2n) is 6.18. The molecular weight excluding hydrogens is 235 g/mol. The summed E-state index contributed by atoms with van der Waals surface area (Å²) in [5, 5.41) is 19.0. The molecule has 0 spiro atoms. The fraction of sp³-hybridized carbons (Fsp3) is 0.818. The molecule has 4 nitrogen and oxygen atoms in total. The molecule has 0 amide bonds. The summed E-state index contributed by atoms with van der Waals surface area (Å²) < 4.78 is 11.3. The third kappa shape index (κ3) is 3.13. The van der Waals surface area contributed by atoms with Crippen LogP contribution in [0.15, 0.2) is 12.3 Å². The molecule has 2 N–H and O–H groups in total. The van der Waals surface area contributed by atoms with Crippen molar-refractivity contribution < 1.29 is 19.2 Å². The Morgan fingerprint density at radius 2 is 2.00 bits per heavy atom. The second-order valence-corrected chi connectivity index (χ2v) is 11.0. The molecule has 1 atom stereocenters. The Hall–Kier alpha value is -0.298. The molecule has 1 heterocycles. The van der Waals surface area contributed by atoms with E-state index in [0.29, 0.717) is 6.42 Å². The Balaban J connectivity index is 2.66. The van der Waals surface area contributed by atoms with Crippen LogP contribution in [0.3, 0.4) is 0 Å². The fourth-order valence-electron chi connectivity index (χ4n) is 1.33. The first kappa shape index (κ1) is 14.8. The lowest BCUT2D eigenvalue weighted by Crippen LogP contribution is -2.53. The summed E-state index contributed by atoms with van der Waals surface area (Å²) in [5.74, 6) is 0. The van der Waals surface area contributed by atoms with Crippen LogP contribution in [0.1, 0.15) is 27.2 Å². The first-order chi connectivity index (χ1) is 7.61. The lowest BCUT2D eigenvalue weighted by Gasteiger charge is -2.39. The van der Waals surface area contributed by atoms with Gasteiger partial charge in [0.25, 0.3) is 0 Å². The lowest BCUT2D eigenvalue weighted by molar-refractivity contribution is 0.0333. The minimum absolute atomic E-state index is 0.0978. The largest absolute Gasteiger partial charge is 0.501 e. The van der Waals surface area contributed by atoms with Gasteiger partial charge in [-0.1, -0.05) is 20.8 Å². The maximum Gasteiger partial charge on any atom is 0.501 e. The monoisotopic (exact) mass is 258 g/mol. The Kier molecular flexibility index (Phi) is 4.13. The summed E-state index contributed by atoms with van der Waals surface area (Å²) in [5.41, 5.74) is -1.02. The molecule has 0 fully saturated rings. The van der Waals surface area contributed by atoms with Gasteiger partial charge >= 0.3 is 7.12 Å². The molecule has 0 bridgehead atoms. The van der Waals surface area contributed by atoms with Crippen molar-refractivity contribution in [1.82, 2.24) is 0 Å². The van der Waals surface area contributed by atoms with Crippen molar-refractivity contribution in [3.63, 3.8) is 0 Å². The molecule has 0 saturated carbocycles. The molecule has 0 aliphatic carbocycles. The summed E-state index contributed by atoms with van der Waals surface area (Å²) in [6.45, 7) is 10.9. The predicted molar refractivity (Wildman–Crippen MR) is 70.9 cm³/mol. The average Bonchev–Trinajstić information content (AvgIpc) is 2.62. The summed E-state index contributed by atoms with van der Waals surface area (Å²) >= 11 is 0. The first-order valence-electron chi connectivity index (χ1n) is 5.94. The summed E-state index contributed by atoms with van der Waals surface area (Å²) in [4.78, 5) is 0. The van der Waals surface area contributed by atoms with Crippen molar-refractivity contribution in [2.24, 2.45) is 0 Å². The zero-order valence-corrected chi connectivity index (χ0v) is 12.4. The van der Waals surface area contributed by atoms with E-state index in [1.54, 1.807) is 6.08 Å². The highest BCUT2D eigenvalue weighted by Crippen LogP contribution is 2.38. The summed E-state index contributed by atoms with van der Waals surface area (Å²) in [6, 6.07) is 0. The molecule has 0 aromatic heterocycles. The van der Waals surface area contributed by atoms with Gasteiger partial charge in [0.2, 0.25) is 0 Å². The minimum Gasteiger partial charge on any atom is -0.495 e. The van der Waals surface area contributed by atoms with E-state index in [2.05, 4.69) is 33.9 Å². The second kappa shape index (κ2) is 4.76.